The molecular weight excluding hydrogens is 396 g/mol. The van der Waals surface area contributed by atoms with Gasteiger partial charge in [0.15, 0.2) is 0 Å². The third-order valence-corrected chi connectivity index (χ3v) is 5.73. The zero-order valence-electron chi connectivity index (χ0n) is 12.9. The van der Waals surface area contributed by atoms with E-state index in [0.717, 1.165) is 15.7 Å². The summed E-state index contributed by atoms with van der Waals surface area (Å²) in [6.07, 6.45) is 0. The Morgan fingerprint density at radius 3 is 2.52 bits per heavy atom. The highest BCUT2D eigenvalue weighted by Gasteiger charge is 2.42. The number of carbonyl (C=O) groups excluding carboxylic acids is 2. The van der Waals surface area contributed by atoms with Crippen LogP contribution in [0.2, 0.25) is 0 Å². The van der Waals surface area contributed by atoms with Gasteiger partial charge in [0.25, 0.3) is 11.8 Å². The molecule has 1 fully saturated rings. The monoisotopic (exact) mass is 410 g/mol. The second kappa shape index (κ2) is 6.03. The lowest BCUT2D eigenvalue weighted by Crippen LogP contribution is -2.35. The number of halogens is 1. The first-order chi connectivity index (χ1) is 10.9. The van der Waals surface area contributed by atoms with E-state index >= 15 is 0 Å². The minimum atomic E-state index is -0.178. The first kappa shape index (κ1) is 16.7. The summed E-state index contributed by atoms with van der Waals surface area (Å²) in [6, 6.07) is 5.66. The third kappa shape index (κ3) is 2.55. The zero-order chi connectivity index (χ0) is 16.9. The van der Waals surface area contributed by atoms with Gasteiger partial charge in [-0.3, -0.25) is 14.5 Å². The summed E-state index contributed by atoms with van der Waals surface area (Å²) in [5.41, 5.74) is 2.09. The van der Waals surface area contributed by atoms with Gasteiger partial charge in [-0.1, -0.05) is 39.9 Å². The summed E-state index contributed by atoms with van der Waals surface area (Å²) in [6.45, 7) is 6.31. The Labute approximate surface area is 153 Å². The van der Waals surface area contributed by atoms with Crippen LogP contribution >= 0.6 is 39.9 Å². The molecule has 1 aromatic carbocycles. The van der Waals surface area contributed by atoms with Crippen molar-refractivity contribution in [1.29, 1.82) is 0 Å². The molecule has 3 rings (SSSR count). The Morgan fingerprint density at radius 2 is 1.96 bits per heavy atom. The van der Waals surface area contributed by atoms with E-state index in [1.807, 2.05) is 39.0 Å². The van der Waals surface area contributed by atoms with Crippen molar-refractivity contribution < 1.29 is 9.59 Å². The minimum absolute atomic E-state index is 0.0265. The molecule has 7 heteroatoms. The Hall–Kier alpha value is -1.18. The molecule has 2 aliphatic rings. The Bertz CT molecular complexity index is 773. The van der Waals surface area contributed by atoms with E-state index in [-0.39, 0.29) is 17.9 Å². The van der Waals surface area contributed by atoms with Crippen LogP contribution in [0.15, 0.2) is 27.6 Å². The molecule has 2 aliphatic heterocycles. The molecule has 2 heterocycles. The molecule has 120 valence electrons. The van der Waals surface area contributed by atoms with Crippen LogP contribution < -0.4 is 4.90 Å². The fraction of sp³-hybridized carbons (Fsp3) is 0.312. The summed E-state index contributed by atoms with van der Waals surface area (Å²) in [4.78, 5) is 29.3. The summed E-state index contributed by atoms with van der Waals surface area (Å²) in [7, 11) is 0. The smallest absolute Gasteiger partial charge is 0.267 e. The van der Waals surface area contributed by atoms with E-state index < -0.39 is 0 Å². The van der Waals surface area contributed by atoms with Gasteiger partial charge in [-0.05, 0) is 39.0 Å². The second-order valence-corrected chi connectivity index (χ2v) is 8.11. The van der Waals surface area contributed by atoms with Crippen molar-refractivity contribution in [3.8, 4) is 0 Å². The van der Waals surface area contributed by atoms with Gasteiger partial charge in [0.2, 0.25) is 0 Å². The van der Waals surface area contributed by atoms with E-state index in [1.54, 1.807) is 9.80 Å². The number of amides is 2. The molecule has 0 unspecified atom stereocenters. The van der Waals surface area contributed by atoms with Crippen LogP contribution in [-0.2, 0) is 9.59 Å². The number of nitrogens with zero attached hydrogens (tertiary/aromatic N) is 2. The van der Waals surface area contributed by atoms with Gasteiger partial charge in [-0.25, -0.2) is 0 Å². The third-order valence-electron chi connectivity index (χ3n) is 3.84. The van der Waals surface area contributed by atoms with E-state index in [0.29, 0.717) is 21.3 Å². The summed E-state index contributed by atoms with van der Waals surface area (Å²) in [5, 5.41) is 0. The van der Waals surface area contributed by atoms with Crippen LogP contribution in [0.3, 0.4) is 0 Å². The van der Waals surface area contributed by atoms with Crippen molar-refractivity contribution in [3.63, 3.8) is 0 Å². The molecule has 0 radical (unpaired) electrons. The predicted octanol–water partition coefficient (Wildman–Crippen LogP) is 3.80. The topological polar surface area (TPSA) is 40.6 Å². The SMILES string of the molecule is CCN1C(=O)/C(=C2\SC(=S)N(C(C)C)C2=O)c2cc(Br)ccc21. The van der Waals surface area contributed by atoms with Crippen LogP contribution in [0.4, 0.5) is 5.69 Å². The molecule has 0 N–H and O–H groups in total. The molecule has 0 aliphatic carbocycles. The van der Waals surface area contributed by atoms with Crippen molar-refractivity contribution in [2.45, 2.75) is 26.8 Å². The van der Waals surface area contributed by atoms with Gasteiger partial charge in [0.1, 0.15) is 4.32 Å². The molecule has 4 nitrogen and oxygen atoms in total. The number of rotatable bonds is 2. The number of hydrogen-bond donors (Lipinski definition) is 0. The maximum absolute atomic E-state index is 12.8. The van der Waals surface area contributed by atoms with E-state index in [9.17, 15) is 9.59 Å². The fourth-order valence-corrected chi connectivity index (χ4v) is 4.77. The van der Waals surface area contributed by atoms with Gasteiger partial charge < -0.3 is 4.90 Å². The average molecular weight is 411 g/mol. The van der Waals surface area contributed by atoms with Crippen molar-refractivity contribution in [1.82, 2.24) is 4.90 Å². The Morgan fingerprint density at radius 1 is 1.26 bits per heavy atom. The number of likely N-dealkylation sites (N-methyl/N-ethyl adjacent to an activating group) is 1. The van der Waals surface area contributed by atoms with Crippen LogP contribution in [-0.4, -0.2) is 33.6 Å². The van der Waals surface area contributed by atoms with Gasteiger partial charge in [-0.15, -0.1) is 0 Å². The van der Waals surface area contributed by atoms with E-state index in [4.69, 9.17) is 12.2 Å². The van der Waals surface area contributed by atoms with Gasteiger partial charge >= 0.3 is 0 Å². The predicted molar refractivity (Wildman–Crippen MR) is 101 cm³/mol. The molecule has 0 saturated carbocycles. The zero-order valence-corrected chi connectivity index (χ0v) is 16.1. The van der Waals surface area contributed by atoms with Crippen LogP contribution in [0.1, 0.15) is 26.3 Å². The molecular formula is C16H15BrN2O2S2. The number of anilines is 1. The van der Waals surface area contributed by atoms with Crippen molar-refractivity contribution in [2.24, 2.45) is 0 Å². The van der Waals surface area contributed by atoms with Crippen LogP contribution in [0, 0.1) is 0 Å². The number of thiocarbonyl (C=S) groups is 1. The lowest BCUT2D eigenvalue weighted by Gasteiger charge is -2.18. The molecule has 23 heavy (non-hydrogen) atoms. The van der Waals surface area contributed by atoms with E-state index in [1.165, 1.54) is 11.8 Å². The van der Waals surface area contributed by atoms with Crippen molar-refractivity contribution in [2.75, 3.05) is 11.4 Å². The summed E-state index contributed by atoms with van der Waals surface area (Å²) in [5.74, 6) is -0.313. The van der Waals surface area contributed by atoms with Gasteiger partial charge in [-0.2, -0.15) is 0 Å². The summed E-state index contributed by atoms with van der Waals surface area (Å²) >= 11 is 9.99. The van der Waals surface area contributed by atoms with Crippen LogP contribution in [0.5, 0.6) is 0 Å². The molecule has 0 atom stereocenters. The standard InChI is InChI=1S/C16H15BrN2O2S2/c1-4-18-11-6-5-9(17)7-10(11)12(14(18)20)13-15(21)19(8(2)3)16(22)23-13/h5-8H,4H2,1-3H3/b13-12-. The van der Waals surface area contributed by atoms with Crippen LogP contribution in [0.25, 0.3) is 5.57 Å². The molecule has 1 aromatic rings. The maximum Gasteiger partial charge on any atom is 0.267 e. The number of hydrogen-bond acceptors (Lipinski definition) is 4. The molecule has 0 bridgehead atoms. The lowest BCUT2D eigenvalue weighted by atomic mass is 10.1. The minimum Gasteiger partial charge on any atom is -0.308 e. The summed E-state index contributed by atoms with van der Waals surface area (Å²) < 4.78 is 1.38. The number of thioether (sulfide) groups is 1. The fourth-order valence-electron chi connectivity index (χ4n) is 2.81. The second-order valence-electron chi connectivity index (χ2n) is 5.55. The quantitative estimate of drug-likeness (QED) is 0.549. The first-order valence-electron chi connectivity index (χ1n) is 7.28. The Balaban J connectivity index is 2.21. The maximum atomic E-state index is 12.8. The highest BCUT2D eigenvalue weighted by molar-refractivity contribution is 9.10. The highest BCUT2D eigenvalue weighted by atomic mass is 79.9. The molecule has 0 aromatic heterocycles. The number of benzene rings is 1. The van der Waals surface area contributed by atoms with Crippen molar-refractivity contribution >= 4 is 67.3 Å². The molecule has 0 spiro atoms. The lowest BCUT2D eigenvalue weighted by molar-refractivity contribution is -0.123. The first-order valence-corrected chi connectivity index (χ1v) is 9.30. The van der Waals surface area contributed by atoms with Gasteiger partial charge in [0.05, 0.1) is 16.2 Å². The Kier molecular flexibility index (Phi) is 4.37. The normalized spacial score (nSPS) is 21.0. The van der Waals surface area contributed by atoms with Gasteiger partial charge in [0, 0.05) is 22.6 Å². The number of fused-ring (bicyclic) bond motifs is 1. The van der Waals surface area contributed by atoms with E-state index in [2.05, 4.69) is 15.9 Å². The largest absolute Gasteiger partial charge is 0.308 e. The van der Waals surface area contributed by atoms with Crippen molar-refractivity contribution in [3.05, 3.63) is 33.1 Å². The molecule has 2 amide bonds. The molecule has 1 saturated heterocycles. The average Bonchev–Trinajstić information content (AvgIpc) is 2.91. The highest BCUT2D eigenvalue weighted by Crippen LogP contribution is 2.45. The number of carbonyl (C=O) groups is 2.